The summed E-state index contributed by atoms with van der Waals surface area (Å²) in [7, 11) is 0. The molecular weight excluding hydrogens is 410 g/mol. The molecule has 2 aromatic carbocycles. The predicted octanol–water partition coefficient (Wildman–Crippen LogP) is 5.34. The molecule has 1 saturated heterocycles. The number of para-hydroxylation sites is 1. The molecule has 1 N–H and O–H groups in total. The van der Waals surface area contributed by atoms with E-state index in [0.717, 1.165) is 54.5 Å². The monoisotopic (exact) mass is 439 g/mol. The average molecular weight is 440 g/mol. The first kappa shape index (κ1) is 21.4. The molecule has 0 aliphatic carbocycles. The molecule has 0 spiro atoms. The van der Waals surface area contributed by atoms with Crippen LogP contribution in [0.5, 0.6) is 0 Å². The van der Waals surface area contributed by atoms with Gasteiger partial charge in [0.15, 0.2) is 0 Å². The van der Waals surface area contributed by atoms with Crippen LogP contribution in [0, 0.1) is 0 Å². The number of aryl methyl sites for hydroxylation is 1. The number of pyridine rings is 2. The summed E-state index contributed by atoms with van der Waals surface area (Å²) < 4.78 is 6.24. The van der Waals surface area contributed by atoms with Crippen molar-refractivity contribution in [2.45, 2.75) is 38.9 Å². The lowest BCUT2D eigenvalue weighted by Gasteiger charge is -2.35. The topological polar surface area (TPSA) is 58.2 Å². The molecule has 2 aromatic heterocycles. The number of hydrogen-bond acceptors (Lipinski definition) is 4. The van der Waals surface area contributed by atoms with Crippen LogP contribution < -0.4 is 10.5 Å². The number of anilines is 1. The summed E-state index contributed by atoms with van der Waals surface area (Å²) in [6.07, 6.45) is 4.83. The van der Waals surface area contributed by atoms with Crippen LogP contribution in [0.1, 0.15) is 31.0 Å². The van der Waals surface area contributed by atoms with E-state index in [9.17, 15) is 4.79 Å². The van der Waals surface area contributed by atoms with Gasteiger partial charge in [0.25, 0.3) is 0 Å². The molecule has 1 fully saturated rings. The first-order chi connectivity index (χ1) is 16.2. The minimum Gasteiger partial charge on any atom is -0.372 e. The molecule has 5 nitrogen and oxygen atoms in total. The van der Waals surface area contributed by atoms with Gasteiger partial charge in [0.05, 0.1) is 23.9 Å². The maximum atomic E-state index is 12.0. The Morgan fingerprint density at radius 3 is 2.70 bits per heavy atom. The SMILES string of the molecule is CCc1cccc(N2CCC(OCc3ccc4ccccc4n3)CC2)c1-c1cc[nH]c(=O)c1. The molecule has 33 heavy (non-hydrogen) atoms. The van der Waals surface area contributed by atoms with Crippen molar-refractivity contribution in [1.29, 1.82) is 0 Å². The molecule has 4 aromatic rings. The van der Waals surface area contributed by atoms with E-state index in [0.29, 0.717) is 6.61 Å². The number of ether oxygens (including phenoxy) is 1. The highest BCUT2D eigenvalue weighted by atomic mass is 16.5. The van der Waals surface area contributed by atoms with E-state index >= 15 is 0 Å². The van der Waals surface area contributed by atoms with E-state index in [1.54, 1.807) is 12.3 Å². The number of hydrogen-bond donors (Lipinski definition) is 1. The summed E-state index contributed by atoms with van der Waals surface area (Å²) in [6, 6.07) is 22.5. The van der Waals surface area contributed by atoms with Crippen LogP contribution in [-0.2, 0) is 17.8 Å². The Morgan fingerprint density at radius 2 is 1.88 bits per heavy atom. The normalized spacial score (nSPS) is 14.6. The highest BCUT2D eigenvalue weighted by Crippen LogP contribution is 2.35. The Kier molecular flexibility index (Phi) is 6.22. The molecule has 0 radical (unpaired) electrons. The highest BCUT2D eigenvalue weighted by Gasteiger charge is 2.23. The van der Waals surface area contributed by atoms with Crippen molar-refractivity contribution in [1.82, 2.24) is 9.97 Å². The maximum absolute atomic E-state index is 12.0. The van der Waals surface area contributed by atoms with Crippen LogP contribution in [0.3, 0.4) is 0 Å². The van der Waals surface area contributed by atoms with Crippen molar-refractivity contribution in [3.63, 3.8) is 0 Å². The molecular formula is C28H29N3O2. The number of H-pyrrole nitrogens is 1. The zero-order chi connectivity index (χ0) is 22.6. The highest BCUT2D eigenvalue weighted by molar-refractivity contribution is 5.81. The summed E-state index contributed by atoms with van der Waals surface area (Å²) in [5.41, 5.74) is 6.53. The predicted molar refractivity (Wildman–Crippen MR) is 134 cm³/mol. The standard InChI is InChI=1S/C28H29N3O2/c1-2-20-7-5-9-26(28(20)22-12-15-29-27(32)18-22)31-16-13-24(14-17-31)33-19-23-11-10-21-6-3-4-8-25(21)30-23/h3-12,15,18,24H,2,13-14,16-17,19H2,1H3,(H,29,32). The molecule has 1 aliphatic rings. The van der Waals surface area contributed by atoms with E-state index < -0.39 is 0 Å². The first-order valence-electron chi connectivity index (χ1n) is 11.7. The van der Waals surface area contributed by atoms with Crippen LogP contribution in [0.15, 0.2) is 77.7 Å². The fourth-order valence-corrected chi connectivity index (χ4v) is 4.73. The van der Waals surface area contributed by atoms with Crippen molar-refractivity contribution in [3.8, 4) is 11.1 Å². The third-order valence-corrected chi connectivity index (χ3v) is 6.48. The summed E-state index contributed by atoms with van der Waals surface area (Å²) in [6.45, 7) is 4.56. The summed E-state index contributed by atoms with van der Waals surface area (Å²) in [5.74, 6) is 0. The van der Waals surface area contributed by atoms with Gasteiger partial charge in [-0.15, -0.1) is 0 Å². The molecule has 1 aliphatic heterocycles. The number of aromatic nitrogens is 2. The van der Waals surface area contributed by atoms with E-state index in [1.807, 2.05) is 24.3 Å². The zero-order valence-electron chi connectivity index (χ0n) is 19.0. The molecule has 5 rings (SSSR count). The third-order valence-electron chi connectivity index (χ3n) is 6.48. The zero-order valence-corrected chi connectivity index (χ0v) is 19.0. The Bertz CT molecular complexity index is 1310. The van der Waals surface area contributed by atoms with E-state index in [4.69, 9.17) is 9.72 Å². The number of fused-ring (bicyclic) bond motifs is 1. The number of piperidine rings is 1. The molecule has 3 heterocycles. The van der Waals surface area contributed by atoms with Crippen LogP contribution in [0.4, 0.5) is 5.69 Å². The number of nitrogens with zero attached hydrogens (tertiary/aromatic N) is 2. The minimum absolute atomic E-state index is 0.0706. The number of benzene rings is 2. The van der Waals surface area contributed by atoms with E-state index in [-0.39, 0.29) is 11.7 Å². The Hall–Kier alpha value is -3.44. The fraction of sp³-hybridized carbons (Fsp3) is 0.286. The van der Waals surface area contributed by atoms with Crippen LogP contribution in [0.2, 0.25) is 0 Å². The Labute approximate surface area is 194 Å². The molecule has 168 valence electrons. The summed E-state index contributed by atoms with van der Waals surface area (Å²) in [5, 5.41) is 1.15. The molecule has 5 heteroatoms. The molecule has 0 amide bonds. The van der Waals surface area contributed by atoms with Gasteiger partial charge in [0.2, 0.25) is 5.56 Å². The van der Waals surface area contributed by atoms with Gasteiger partial charge in [-0.3, -0.25) is 9.78 Å². The van der Waals surface area contributed by atoms with Gasteiger partial charge in [-0.25, -0.2) is 0 Å². The lowest BCUT2D eigenvalue weighted by Crippen LogP contribution is -2.37. The van der Waals surface area contributed by atoms with Crippen molar-refractivity contribution in [2.75, 3.05) is 18.0 Å². The summed E-state index contributed by atoms with van der Waals surface area (Å²) >= 11 is 0. The maximum Gasteiger partial charge on any atom is 0.248 e. The third kappa shape index (κ3) is 4.69. The van der Waals surface area contributed by atoms with E-state index in [1.165, 1.54) is 16.8 Å². The van der Waals surface area contributed by atoms with Crippen LogP contribution in [0.25, 0.3) is 22.0 Å². The van der Waals surface area contributed by atoms with Gasteiger partial charge in [0, 0.05) is 42.0 Å². The van der Waals surface area contributed by atoms with Gasteiger partial charge in [-0.1, -0.05) is 43.3 Å². The van der Waals surface area contributed by atoms with E-state index in [2.05, 4.69) is 53.2 Å². The fourth-order valence-electron chi connectivity index (χ4n) is 4.73. The van der Waals surface area contributed by atoms with Crippen LogP contribution >= 0.6 is 0 Å². The summed E-state index contributed by atoms with van der Waals surface area (Å²) in [4.78, 5) is 21.9. The second kappa shape index (κ2) is 9.59. The van der Waals surface area contributed by atoms with Gasteiger partial charge in [-0.05, 0) is 54.7 Å². The lowest BCUT2D eigenvalue weighted by molar-refractivity contribution is 0.0236. The van der Waals surface area contributed by atoms with Crippen LogP contribution in [-0.4, -0.2) is 29.2 Å². The van der Waals surface area contributed by atoms with Crippen molar-refractivity contribution in [2.24, 2.45) is 0 Å². The number of rotatable bonds is 6. The molecule has 0 atom stereocenters. The number of aromatic amines is 1. The van der Waals surface area contributed by atoms with Crippen molar-refractivity contribution >= 4 is 16.6 Å². The quantitative estimate of drug-likeness (QED) is 0.441. The van der Waals surface area contributed by atoms with Gasteiger partial charge in [-0.2, -0.15) is 0 Å². The van der Waals surface area contributed by atoms with Gasteiger partial charge >= 0.3 is 0 Å². The van der Waals surface area contributed by atoms with Crippen molar-refractivity contribution < 1.29 is 4.74 Å². The van der Waals surface area contributed by atoms with Gasteiger partial charge in [0.1, 0.15) is 0 Å². The second-order valence-electron chi connectivity index (χ2n) is 8.60. The second-order valence-corrected chi connectivity index (χ2v) is 8.60. The smallest absolute Gasteiger partial charge is 0.248 e. The van der Waals surface area contributed by atoms with Gasteiger partial charge < -0.3 is 14.6 Å². The minimum atomic E-state index is -0.0706. The largest absolute Gasteiger partial charge is 0.372 e. The van der Waals surface area contributed by atoms with Crippen molar-refractivity contribution in [3.05, 3.63) is 94.5 Å². The Morgan fingerprint density at radius 1 is 1.03 bits per heavy atom. The molecule has 0 saturated carbocycles. The Balaban J connectivity index is 1.27. The molecule has 0 unspecified atom stereocenters. The first-order valence-corrected chi connectivity index (χ1v) is 11.7. The molecule has 0 bridgehead atoms. The number of nitrogens with one attached hydrogen (secondary N) is 1. The average Bonchev–Trinajstić information content (AvgIpc) is 2.87. The lowest BCUT2D eigenvalue weighted by atomic mass is 9.95.